The molecule has 1 aliphatic carbocycles. The highest BCUT2D eigenvalue weighted by Gasteiger charge is 2.38. The van der Waals surface area contributed by atoms with Gasteiger partial charge in [0.25, 0.3) is 5.91 Å². The van der Waals surface area contributed by atoms with Crippen molar-refractivity contribution in [3.63, 3.8) is 0 Å². The molecule has 1 aromatic carbocycles. The second-order valence-electron chi connectivity index (χ2n) is 5.22. The van der Waals surface area contributed by atoms with Gasteiger partial charge in [-0.05, 0) is 38.3 Å². The minimum Gasteiger partial charge on any atom is -0.492 e. The summed E-state index contributed by atoms with van der Waals surface area (Å²) < 4.78 is 5.44. The van der Waals surface area contributed by atoms with Crippen LogP contribution in [0, 0.1) is 5.92 Å². The maximum Gasteiger partial charge on any atom is 0.260 e. The molecule has 4 nitrogen and oxygen atoms in total. The van der Waals surface area contributed by atoms with Crippen LogP contribution in [0.5, 0.6) is 5.75 Å². The molecule has 0 saturated heterocycles. The van der Waals surface area contributed by atoms with Gasteiger partial charge in [0.2, 0.25) is 5.91 Å². The van der Waals surface area contributed by atoms with E-state index in [9.17, 15) is 9.59 Å². The van der Waals surface area contributed by atoms with Crippen molar-refractivity contribution in [1.29, 1.82) is 0 Å². The molecule has 1 heterocycles. The fourth-order valence-corrected chi connectivity index (χ4v) is 3.02. The summed E-state index contributed by atoms with van der Waals surface area (Å²) in [6.07, 6.45) is 4.26. The highest BCUT2D eigenvalue weighted by atomic mass is 35.5. The standard InChI is InChI=1S/C16H16ClNO3/c1-2-21-14-9-12(6-7-13(14)17)18-15(19)10-4-3-5-11(8-10)16(18)20/h6-10H,2-5H2,1H3. The number of amides is 2. The molecule has 2 bridgehead atoms. The third kappa shape index (κ3) is 2.44. The second kappa shape index (κ2) is 5.53. The molecule has 1 atom stereocenters. The van der Waals surface area contributed by atoms with Gasteiger partial charge in [0.15, 0.2) is 0 Å². The maximum atomic E-state index is 12.5. The van der Waals surface area contributed by atoms with Gasteiger partial charge in [0.05, 0.1) is 23.2 Å². The highest BCUT2D eigenvalue weighted by Crippen LogP contribution is 2.36. The number of hydrogen-bond acceptors (Lipinski definition) is 3. The van der Waals surface area contributed by atoms with Gasteiger partial charge in [-0.25, -0.2) is 4.90 Å². The van der Waals surface area contributed by atoms with E-state index in [1.165, 1.54) is 4.90 Å². The van der Waals surface area contributed by atoms with E-state index >= 15 is 0 Å². The molecule has 1 aliphatic heterocycles. The first kappa shape index (κ1) is 14.1. The van der Waals surface area contributed by atoms with Crippen molar-refractivity contribution in [3.05, 3.63) is 34.9 Å². The van der Waals surface area contributed by atoms with E-state index in [1.54, 1.807) is 18.2 Å². The Hall–Kier alpha value is -1.81. The molecule has 3 rings (SSSR count). The zero-order valence-corrected chi connectivity index (χ0v) is 12.5. The van der Waals surface area contributed by atoms with E-state index in [0.29, 0.717) is 23.1 Å². The van der Waals surface area contributed by atoms with E-state index in [4.69, 9.17) is 16.3 Å². The molecule has 0 radical (unpaired) electrons. The van der Waals surface area contributed by atoms with Crippen LogP contribution in [0.3, 0.4) is 0 Å². The monoisotopic (exact) mass is 305 g/mol. The normalized spacial score (nSPS) is 21.3. The number of benzene rings is 1. The van der Waals surface area contributed by atoms with Gasteiger partial charge in [-0.3, -0.25) is 9.59 Å². The Balaban J connectivity index is 2.00. The first-order chi connectivity index (χ1) is 10.1. The lowest BCUT2D eigenvalue weighted by Gasteiger charge is -2.33. The molecule has 2 aliphatic rings. The lowest BCUT2D eigenvalue weighted by molar-refractivity contribution is -0.128. The number of imide groups is 1. The Bertz CT molecular complexity index is 638. The highest BCUT2D eigenvalue weighted by molar-refractivity contribution is 6.32. The molecular formula is C16H16ClNO3. The van der Waals surface area contributed by atoms with Gasteiger partial charge in [-0.15, -0.1) is 0 Å². The zero-order chi connectivity index (χ0) is 15.0. The van der Waals surface area contributed by atoms with Crippen LogP contribution in [0.25, 0.3) is 0 Å². The molecule has 0 aromatic heterocycles. The third-order valence-electron chi connectivity index (χ3n) is 3.85. The number of halogens is 1. The predicted octanol–water partition coefficient (Wildman–Crippen LogP) is 3.34. The summed E-state index contributed by atoms with van der Waals surface area (Å²) in [5.74, 6) is -0.0754. The average molecular weight is 306 g/mol. The summed E-state index contributed by atoms with van der Waals surface area (Å²) in [5, 5.41) is 0.469. The summed E-state index contributed by atoms with van der Waals surface area (Å²) in [7, 11) is 0. The van der Waals surface area contributed by atoms with Gasteiger partial charge in [0.1, 0.15) is 5.75 Å². The van der Waals surface area contributed by atoms with Crippen LogP contribution in [-0.2, 0) is 9.59 Å². The van der Waals surface area contributed by atoms with Gasteiger partial charge in [-0.2, -0.15) is 0 Å². The number of anilines is 1. The zero-order valence-electron chi connectivity index (χ0n) is 11.8. The fraction of sp³-hybridized carbons (Fsp3) is 0.375. The lowest BCUT2D eigenvalue weighted by Crippen LogP contribution is -2.46. The summed E-state index contributed by atoms with van der Waals surface area (Å²) in [4.78, 5) is 26.2. The smallest absolute Gasteiger partial charge is 0.260 e. The summed E-state index contributed by atoms with van der Waals surface area (Å²) >= 11 is 6.06. The number of hydrogen-bond donors (Lipinski definition) is 0. The van der Waals surface area contributed by atoms with E-state index < -0.39 is 0 Å². The lowest BCUT2D eigenvalue weighted by atomic mass is 9.85. The van der Waals surface area contributed by atoms with Gasteiger partial charge >= 0.3 is 0 Å². The Labute approximate surface area is 128 Å². The fourth-order valence-electron chi connectivity index (χ4n) is 2.85. The maximum absolute atomic E-state index is 12.5. The van der Waals surface area contributed by atoms with Crippen molar-refractivity contribution in [3.8, 4) is 5.75 Å². The molecule has 0 saturated carbocycles. The average Bonchev–Trinajstić information content (AvgIpc) is 2.49. The quantitative estimate of drug-likeness (QED) is 0.805. The number of fused-ring (bicyclic) bond motifs is 1. The first-order valence-electron chi connectivity index (χ1n) is 7.13. The molecule has 0 fully saturated rings. The van der Waals surface area contributed by atoms with Crippen LogP contribution < -0.4 is 9.64 Å². The van der Waals surface area contributed by atoms with Crippen molar-refractivity contribution < 1.29 is 14.3 Å². The van der Waals surface area contributed by atoms with Crippen LogP contribution in [0.1, 0.15) is 26.2 Å². The van der Waals surface area contributed by atoms with Gasteiger partial charge in [0, 0.05) is 11.6 Å². The van der Waals surface area contributed by atoms with Crippen molar-refractivity contribution in [2.24, 2.45) is 5.92 Å². The molecule has 1 unspecified atom stereocenters. The molecule has 2 amide bonds. The summed E-state index contributed by atoms with van der Waals surface area (Å²) in [5.41, 5.74) is 1.26. The van der Waals surface area contributed by atoms with Gasteiger partial charge in [-0.1, -0.05) is 17.7 Å². The van der Waals surface area contributed by atoms with Crippen molar-refractivity contribution in [2.45, 2.75) is 26.2 Å². The Morgan fingerprint density at radius 1 is 1.38 bits per heavy atom. The second-order valence-corrected chi connectivity index (χ2v) is 5.62. The van der Waals surface area contributed by atoms with Crippen LogP contribution >= 0.6 is 11.6 Å². The Morgan fingerprint density at radius 2 is 2.19 bits per heavy atom. The van der Waals surface area contributed by atoms with Crippen molar-refractivity contribution >= 4 is 29.1 Å². The number of carbonyl (C=O) groups excluding carboxylic acids is 2. The topological polar surface area (TPSA) is 46.6 Å². The Kier molecular flexibility index (Phi) is 3.72. The van der Waals surface area contributed by atoms with E-state index in [1.807, 2.05) is 13.0 Å². The van der Waals surface area contributed by atoms with Crippen LogP contribution in [-0.4, -0.2) is 18.4 Å². The van der Waals surface area contributed by atoms with E-state index in [2.05, 4.69) is 0 Å². The molecule has 1 aromatic rings. The predicted molar refractivity (Wildman–Crippen MR) is 80.5 cm³/mol. The first-order valence-corrected chi connectivity index (χ1v) is 7.51. The van der Waals surface area contributed by atoms with Crippen molar-refractivity contribution in [1.82, 2.24) is 0 Å². The molecule has 0 N–H and O–H groups in total. The molecule has 21 heavy (non-hydrogen) atoms. The third-order valence-corrected chi connectivity index (χ3v) is 4.16. The number of carbonyl (C=O) groups is 2. The van der Waals surface area contributed by atoms with Crippen LogP contribution in [0.2, 0.25) is 5.02 Å². The minimum absolute atomic E-state index is 0.159. The molecule has 0 spiro atoms. The minimum atomic E-state index is -0.222. The largest absolute Gasteiger partial charge is 0.492 e. The summed E-state index contributed by atoms with van der Waals surface area (Å²) in [6.45, 7) is 2.33. The number of rotatable bonds is 3. The summed E-state index contributed by atoms with van der Waals surface area (Å²) in [6, 6.07) is 4.99. The molecule has 110 valence electrons. The number of nitrogens with zero attached hydrogens (tertiary/aromatic N) is 1. The Morgan fingerprint density at radius 3 is 2.95 bits per heavy atom. The van der Waals surface area contributed by atoms with Gasteiger partial charge < -0.3 is 4.74 Å². The van der Waals surface area contributed by atoms with Crippen LogP contribution in [0.15, 0.2) is 29.8 Å². The van der Waals surface area contributed by atoms with Crippen LogP contribution in [0.4, 0.5) is 5.69 Å². The van der Waals surface area contributed by atoms with E-state index in [0.717, 1.165) is 24.8 Å². The number of ether oxygens (including phenoxy) is 1. The molecule has 5 heteroatoms. The SMILES string of the molecule is CCOc1cc(N2C(=O)C3=CC(CCC3)C2=O)ccc1Cl. The van der Waals surface area contributed by atoms with Crippen molar-refractivity contribution in [2.75, 3.05) is 11.5 Å². The van der Waals surface area contributed by atoms with E-state index in [-0.39, 0.29) is 17.7 Å². The molecular weight excluding hydrogens is 290 g/mol.